The van der Waals surface area contributed by atoms with Crippen LogP contribution in [0.5, 0.6) is 0 Å². The predicted molar refractivity (Wildman–Crippen MR) is 86.8 cm³/mol. The summed E-state index contributed by atoms with van der Waals surface area (Å²) in [5.41, 5.74) is 3.29. The van der Waals surface area contributed by atoms with Gasteiger partial charge in [0, 0.05) is 23.3 Å². The molecule has 4 nitrogen and oxygen atoms in total. The molecule has 4 rings (SSSR count). The Hall–Kier alpha value is -3.01. The third kappa shape index (κ3) is 1.81. The molecule has 0 aliphatic heterocycles. The van der Waals surface area contributed by atoms with Gasteiger partial charge in [-0.25, -0.2) is 0 Å². The lowest BCUT2D eigenvalue weighted by atomic mass is 10.1. The third-order valence-electron chi connectivity index (χ3n) is 3.81. The molecule has 0 aliphatic carbocycles. The number of nitrogens with zero attached hydrogens (tertiary/aromatic N) is 3. The molecule has 0 saturated carbocycles. The zero-order chi connectivity index (χ0) is 15.1. The van der Waals surface area contributed by atoms with E-state index in [0.29, 0.717) is 5.65 Å². The Labute approximate surface area is 127 Å². The number of rotatable bonds is 1. The van der Waals surface area contributed by atoms with Crippen molar-refractivity contribution in [1.82, 2.24) is 14.8 Å². The van der Waals surface area contributed by atoms with E-state index in [0.717, 1.165) is 27.5 Å². The molecule has 4 heteroatoms. The third-order valence-corrected chi connectivity index (χ3v) is 3.81. The number of hydrogen-bond acceptors (Lipinski definition) is 3. The van der Waals surface area contributed by atoms with E-state index in [4.69, 9.17) is 0 Å². The van der Waals surface area contributed by atoms with Crippen LogP contribution in [-0.4, -0.2) is 20.7 Å². The minimum atomic E-state index is -0.0621. The molecule has 2 aromatic carbocycles. The zero-order valence-corrected chi connectivity index (χ0v) is 12.0. The van der Waals surface area contributed by atoms with Gasteiger partial charge < -0.3 is 0 Å². The second-order valence-corrected chi connectivity index (χ2v) is 5.20. The fraction of sp³-hybridized carbons (Fsp3) is 0.0556. The molecule has 2 aromatic heterocycles. The van der Waals surface area contributed by atoms with Crippen LogP contribution in [0.3, 0.4) is 0 Å². The lowest BCUT2D eigenvalue weighted by Gasteiger charge is -2.01. The standard InChI is InChI=1S/C18H13N3O/c1-12(22)21-17-10-6-5-9-14(17)15-11-16(19-20-18(15)21)13-7-3-2-4-8-13/h2-11H,1H3. The van der Waals surface area contributed by atoms with E-state index in [1.54, 1.807) is 11.5 Å². The Morgan fingerprint density at radius 1 is 0.909 bits per heavy atom. The Kier molecular flexibility index (Phi) is 2.76. The van der Waals surface area contributed by atoms with Crippen LogP contribution >= 0.6 is 0 Å². The highest BCUT2D eigenvalue weighted by Gasteiger charge is 2.15. The molecule has 0 amide bonds. The minimum absolute atomic E-state index is 0.0621. The van der Waals surface area contributed by atoms with Crippen LogP contribution in [0.15, 0.2) is 60.7 Å². The van der Waals surface area contributed by atoms with Crippen molar-refractivity contribution < 1.29 is 4.79 Å². The van der Waals surface area contributed by atoms with Crippen LogP contribution in [0.4, 0.5) is 0 Å². The number of para-hydroxylation sites is 1. The lowest BCUT2D eigenvalue weighted by molar-refractivity contribution is 0.0945. The molecule has 0 saturated heterocycles. The number of hydrogen-bond donors (Lipinski definition) is 0. The molecule has 0 radical (unpaired) electrons. The van der Waals surface area contributed by atoms with Gasteiger partial charge in [0.15, 0.2) is 5.65 Å². The van der Waals surface area contributed by atoms with Crippen LogP contribution in [0, 0.1) is 0 Å². The van der Waals surface area contributed by atoms with E-state index in [9.17, 15) is 4.79 Å². The van der Waals surface area contributed by atoms with Crippen molar-refractivity contribution in [3.8, 4) is 11.3 Å². The maximum absolute atomic E-state index is 12.0. The van der Waals surface area contributed by atoms with E-state index in [2.05, 4.69) is 10.2 Å². The van der Waals surface area contributed by atoms with Gasteiger partial charge in [0.2, 0.25) is 5.91 Å². The van der Waals surface area contributed by atoms with E-state index in [1.165, 1.54) is 0 Å². The molecule has 0 atom stereocenters. The summed E-state index contributed by atoms with van der Waals surface area (Å²) in [6.45, 7) is 1.54. The number of carbonyl (C=O) groups excluding carboxylic acids is 1. The highest BCUT2D eigenvalue weighted by atomic mass is 16.1. The van der Waals surface area contributed by atoms with Gasteiger partial charge in [0.25, 0.3) is 0 Å². The van der Waals surface area contributed by atoms with Gasteiger partial charge >= 0.3 is 0 Å². The topological polar surface area (TPSA) is 47.8 Å². The van der Waals surface area contributed by atoms with Crippen LogP contribution in [0.25, 0.3) is 33.2 Å². The van der Waals surface area contributed by atoms with Gasteiger partial charge in [-0.2, -0.15) is 0 Å². The molecule has 0 unspecified atom stereocenters. The van der Waals surface area contributed by atoms with Crippen LogP contribution in [0.1, 0.15) is 11.7 Å². The molecule has 0 spiro atoms. The van der Waals surface area contributed by atoms with Crippen molar-refractivity contribution in [1.29, 1.82) is 0 Å². The van der Waals surface area contributed by atoms with Crippen LogP contribution in [0.2, 0.25) is 0 Å². The van der Waals surface area contributed by atoms with Gasteiger partial charge in [0.1, 0.15) is 0 Å². The second-order valence-electron chi connectivity index (χ2n) is 5.20. The number of carbonyl (C=O) groups is 1. The Balaban J connectivity index is 2.09. The van der Waals surface area contributed by atoms with E-state index in [-0.39, 0.29) is 5.91 Å². The van der Waals surface area contributed by atoms with E-state index in [1.807, 2.05) is 60.7 Å². The average molecular weight is 287 g/mol. The zero-order valence-electron chi connectivity index (χ0n) is 12.0. The first-order valence-electron chi connectivity index (χ1n) is 7.09. The monoisotopic (exact) mass is 287 g/mol. The minimum Gasteiger partial charge on any atom is -0.274 e. The Morgan fingerprint density at radius 2 is 1.64 bits per heavy atom. The van der Waals surface area contributed by atoms with Crippen molar-refractivity contribution in [3.05, 3.63) is 60.7 Å². The van der Waals surface area contributed by atoms with Crippen molar-refractivity contribution in [2.45, 2.75) is 6.92 Å². The molecular weight excluding hydrogens is 274 g/mol. The molecule has 22 heavy (non-hydrogen) atoms. The Bertz CT molecular complexity index is 1000. The molecule has 0 bridgehead atoms. The smallest absolute Gasteiger partial charge is 0.229 e. The number of benzene rings is 2. The van der Waals surface area contributed by atoms with Gasteiger partial charge in [-0.1, -0.05) is 48.5 Å². The van der Waals surface area contributed by atoms with Crippen molar-refractivity contribution in [3.63, 3.8) is 0 Å². The second kappa shape index (κ2) is 4.77. The summed E-state index contributed by atoms with van der Waals surface area (Å²) in [6, 6.07) is 19.7. The molecule has 2 heterocycles. The quantitative estimate of drug-likeness (QED) is 0.533. The summed E-state index contributed by atoms with van der Waals surface area (Å²) in [5.74, 6) is -0.0621. The molecule has 0 aliphatic rings. The fourth-order valence-electron chi connectivity index (χ4n) is 2.83. The van der Waals surface area contributed by atoms with Crippen molar-refractivity contribution in [2.24, 2.45) is 0 Å². The molecule has 0 N–H and O–H groups in total. The maximum Gasteiger partial charge on any atom is 0.229 e. The maximum atomic E-state index is 12.0. The molecule has 0 fully saturated rings. The normalized spacial score (nSPS) is 11.1. The van der Waals surface area contributed by atoms with Crippen molar-refractivity contribution in [2.75, 3.05) is 0 Å². The van der Waals surface area contributed by atoms with Gasteiger partial charge in [0.05, 0.1) is 11.2 Å². The molecule has 106 valence electrons. The summed E-state index contributed by atoms with van der Waals surface area (Å²) in [6.07, 6.45) is 0. The number of fused-ring (bicyclic) bond motifs is 3. The average Bonchev–Trinajstić information content (AvgIpc) is 2.89. The Morgan fingerprint density at radius 3 is 2.41 bits per heavy atom. The summed E-state index contributed by atoms with van der Waals surface area (Å²) < 4.78 is 1.62. The predicted octanol–water partition coefficient (Wildman–Crippen LogP) is 3.91. The van der Waals surface area contributed by atoms with E-state index >= 15 is 0 Å². The summed E-state index contributed by atoms with van der Waals surface area (Å²) in [7, 11) is 0. The summed E-state index contributed by atoms with van der Waals surface area (Å²) in [4.78, 5) is 12.0. The lowest BCUT2D eigenvalue weighted by Crippen LogP contribution is -2.06. The SMILES string of the molecule is CC(=O)n1c2ccccc2c2cc(-c3ccccc3)nnc21. The van der Waals surface area contributed by atoms with E-state index < -0.39 is 0 Å². The largest absolute Gasteiger partial charge is 0.274 e. The van der Waals surface area contributed by atoms with Crippen molar-refractivity contribution >= 4 is 27.8 Å². The highest BCUT2D eigenvalue weighted by Crippen LogP contribution is 2.29. The highest BCUT2D eigenvalue weighted by molar-refractivity contribution is 6.12. The first kappa shape index (κ1) is 12.7. The van der Waals surface area contributed by atoms with Gasteiger partial charge in [-0.15, -0.1) is 10.2 Å². The molecule has 4 aromatic rings. The number of aromatic nitrogens is 3. The van der Waals surface area contributed by atoms with Gasteiger partial charge in [-0.3, -0.25) is 9.36 Å². The first-order chi connectivity index (χ1) is 10.8. The fourth-order valence-corrected chi connectivity index (χ4v) is 2.83. The first-order valence-corrected chi connectivity index (χ1v) is 7.09. The summed E-state index contributed by atoms with van der Waals surface area (Å²) >= 11 is 0. The van der Waals surface area contributed by atoms with Crippen LogP contribution < -0.4 is 0 Å². The van der Waals surface area contributed by atoms with Crippen LogP contribution in [-0.2, 0) is 0 Å². The summed E-state index contributed by atoms with van der Waals surface area (Å²) in [5, 5.41) is 10.6. The van der Waals surface area contributed by atoms with Gasteiger partial charge in [-0.05, 0) is 12.1 Å². The molecular formula is C18H13N3O.